The Labute approximate surface area is 69.5 Å². The van der Waals surface area contributed by atoms with Crippen molar-refractivity contribution in [3.05, 3.63) is 12.3 Å². The summed E-state index contributed by atoms with van der Waals surface area (Å²) in [6.07, 6.45) is 0. The van der Waals surface area contributed by atoms with Crippen LogP contribution < -0.4 is 5.73 Å². The van der Waals surface area contributed by atoms with Crippen LogP contribution in [0.15, 0.2) is 12.3 Å². The largest absolute Gasteiger partial charge is 0.401 e. The summed E-state index contributed by atoms with van der Waals surface area (Å²) in [6.45, 7) is 6.52. The summed E-state index contributed by atoms with van der Waals surface area (Å²) in [5, 5.41) is 0. The lowest BCUT2D eigenvalue weighted by atomic mass is 10.4. The number of rotatable bonds is 5. The molecule has 0 saturated heterocycles. The zero-order valence-electron chi connectivity index (χ0n) is 7.80. The Morgan fingerprint density at radius 1 is 1.27 bits per heavy atom. The van der Waals surface area contributed by atoms with E-state index < -0.39 is 0 Å². The first kappa shape index (κ1) is 10.5. The molecule has 11 heavy (non-hydrogen) atoms. The van der Waals surface area contributed by atoms with Crippen molar-refractivity contribution in [1.29, 1.82) is 0 Å². The van der Waals surface area contributed by atoms with Crippen LogP contribution in [0.3, 0.4) is 0 Å². The van der Waals surface area contributed by atoms with E-state index in [4.69, 9.17) is 5.73 Å². The number of nitrogens with two attached hydrogens (primary N) is 1. The van der Waals surface area contributed by atoms with Gasteiger partial charge in [0.15, 0.2) is 0 Å². The first-order valence-corrected chi connectivity index (χ1v) is 3.79. The predicted molar refractivity (Wildman–Crippen MR) is 49.4 cm³/mol. The molecule has 0 saturated carbocycles. The molecular formula is C8H19N3. The van der Waals surface area contributed by atoms with Gasteiger partial charge in [-0.25, -0.2) is 0 Å². The highest BCUT2D eigenvalue weighted by Crippen LogP contribution is 1.86. The third-order valence-electron chi connectivity index (χ3n) is 1.40. The van der Waals surface area contributed by atoms with Gasteiger partial charge in [0.1, 0.15) is 0 Å². The maximum absolute atomic E-state index is 5.45. The summed E-state index contributed by atoms with van der Waals surface area (Å²) in [6, 6.07) is 0. The van der Waals surface area contributed by atoms with E-state index in [1.165, 1.54) is 0 Å². The van der Waals surface area contributed by atoms with Gasteiger partial charge in [-0.3, -0.25) is 4.90 Å². The van der Waals surface area contributed by atoms with Crippen molar-refractivity contribution in [2.24, 2.45) is 5.73 Å². The molecule has 0 unspecified atom stereocenters. The summed E-state index contributed by atoms with van der Waals surface area (Å²) in [4.78, 5) is 4.30. The molecule has 0 radical (unpaired) electrons. The minimum Gasteiger partial charge on any atom is -0.401 e. The van der Waals surface area contributed by atoms with Crippen molar-refractivity contribution in [1.82, 2.24) is 9.80 Å². The molecule has 0 aromatic carbocycles. The van der Waals surface area contributed by atoms with Gasteiger partial charge in [0.2, 0.25) is 0 Å². The van der Waals surface area contributed by atoms with Crippen molar-refractivity contribution in [2.75, 3.05) is 40.8 Å². The number of hydrogen-bond acceptors (Lipinski definition) is 3. The van der Waals surface area contributed by atoms with Gasteiger partial charge in [0.05, 0.1) is 0 Å². The van der Waals surface area contributed by atoms with Gasteiger partial charge in [0, 0.05) is 25.3 Å². The van der Waals surface area contributed by atoms with E-state index in [1.54, 1.807) is 0 Å². The lowest BCUT2D eigenvalue weighted by Crippen LogP contribution is -2.31. The highest BCUT2D eigenvalue weighted by molar-refractivity contribution is 4.89. The lowest BCUT2D eigenvalue weighted by molar-refractivity contribution is 0.297. The molecule has 0 aliphatic rings. The minimum absolute atomic E-state index is 0.728. The smallest absolute Gasteiger partial charge is 0.0371 e. The van der Waals surface area contributed by atoms with Gasteiger partial charge in [-0.05, 0) is 21.1 Å². The molecule has 3 nitrogen and oxygen atoms in total. The van der Waals surface area contributed by atoms with Gasteiger partial charge in [-0.1, -0.05) is 6.58 Å². The van der Waals surface area contributed by atoms with Crippen LogP contribution in [0.25, 0.3) is 0 Å². The molecule has 0 rings (SSSR count). The van der Waals surface area contributed by atoms with Crippen molar-refractivity contribution in [3.63, 3.8) is 0 Å². The second-order valence-corrected chi connectivity index (χ2v) is 3.20. The number of likely N-dealkylation sites (N-methyl/N-ethyl adjacent to an activating group) is 2. The third-order valence-corrected chi connectivity index (χ3v) is 1.40. The fourth-order valence-corrected chi connectivity index (χ4v) is 0.796. The molecule has 0 spiro atoms. The summed E-state index contributed by atoms with van der Waals surface area (Å²) >= 11 is 0. The van der Waals surface area contributed by atoms with Crippen LogP contribution in [0.5, 0.6) is 0 Å². The summed E-state index contributed by atoms with van der Waals surface area (Å²) in [5.41, 5.74) is 6.18. The Kier molecular flexibility index (Phi) is 4.90. The maximum Gasteiger partial charge on any atom is 0.0371 e. The Bertz CT molecular complexity index is 121. The van der Waals surface area contributed by atoms with Crippen LogP contribution in [0.4, 0.5) is 0 Å². The molecule has 0 bridgehead atoms. The second-order valence-electron chi connectivity index (χ2n) is 3.20. The molecule has 0 aliphatic carbocycles. The van der Waals surface area contributed by atoms with Gasteiger partial charge in [-0.15, -0.1) is 0 Å². The molecule has 0 aromatic rings. The van der Waals surface area contributed by atoms with E-state index in [2.05, 4.69) is 30.5 Å². The van der Waals surface area contributed by atoms with E-state index in [9.17, 15) is 0 Å². The molecule has 2 N–H and O–H groups in total. The van der Waals surface area contributed by atoms with Crippen LogP contribution >= 0.6 is 0 Å². The third kappa shape index (κ3) is 7.36. The van der Waals surface area contributed by atoms with Gasteiger partial charge in [-0.2, -0.15) is 0 Å². The lowest BCUT2D eigenvalue weighted by Gasteiger charge is -2.18. The molecule has 0 heterocycles. The molecule has 0 aliphatic heterocycles. The molecule has 0 aromatic heterocycles. The average molecular weight is 157 g/mol. The summed E-state index contributed by atoms with van der Waals surface area (Å²) in [7, 11) is 6.16. The van der Waals surface area contributed by atoms with E-state index in [1.807, 2.05) is 7.05 Å². The molecule has 66 valence electrons. The summed E-state index contributed by atoms with van der Waals surface area (Å²) < 4.78 is 0. The zero-order valence-corrected chi connectivity index (χ0v) is 7.80. The second kappa shape index (κ2) is 5.16. The molecule has 0 atom stereocenters. The monoisotopic (exact) mass is 157 g/mol. The topological polar surface area (TPSA) is 32.5 Å². The Balaban J connectivity index is 3.37. The molecular weight excluding hydrogens is 138 g/mol. The van der Waals surface area contributed by atoms with E-state index in [0.717, 1.165) is 25.3 Å². The van der Waals surface area contributed by atoms with E-state index in [0.29, 0.717) is 0 Å². The Morgan fingerprint density at radius 3 is 2.18 bits per heavy atom. The zero-order chi connectivity index (χ0) is 8.85. The summed E-state index contributed by atoms with van der Waals surface area (Å²) in [5.74, 6) is 0. The minimum atomic E-state index is 0.728. The van der Waals surface area contributed by atoms with Crippen molar-refractivity contribution in [2.45, 2.75) is 0 Å². The number of nitrogens with zero attached hydrogens (tertiary/aromatic N) is 2. The Hall–Kier alpha value is -0.540. The fraction of sp³-hybridized carbons (Fsp3) is 0.750. The van der Waals surface area contributed by atoms with Crippen LogP contribution in [0.1, 0.15) is 0 Å². The number of hydrogen-bond donors (Lipinski definition) is 1. The standard InChI is InChI=1S/C8H19N3/c1-8(9)7-11(4)6-5-10(2)3/h1,5-7,9H2,2-4H3. The Morgan fingerprint density at radius 2 is 1.82 bits per heavy atom. The van der Waals surface area contributed by atoms with Crippen LogP contribution in [-0.2, 0) is 0 Å². The highest BCUT2D eigenvalue weighted by Gasteiger charge is 1.98. The predicted octanol–water partition coefficient (Wildman–Crippen LogP) is -0.0478. The maximum atomic E-state index is 5.45. The van der Waals surface area contributed by atoms with Crippen LogP contribution in [0, 0.1) is 0 Å². The average Bonchev–Trinajstić information content (AvgIpc) is 1.82. The first-order chi connectivity index (χ1) is 5.02. The van der Waals surface area contributed by atoms with E-state index in [-0.39, 0.29) is 0 Å². The normalized spacial score (nSPS) is 11.0. The van der Waals surface area contributed by atoms with Gasteiger partial charge >= 0.3 is 0 Å². The van der Waals surface area contributed by atoms with Gasteiger partial charge in [0.25, 0.3) is 0 Å². The molecule has 3 heteroatoms. The van der Waals surface area contributed by atoms with Crippen molar-refractivity contribution >= 4 is 0 Å². The van der Waals surface area contributed by atoms with Crippen LogP contribution in [0.2, 0.25) is 0 Å². The van der Waals surface area contributed by atoms with E-state index >= 15 is 0 Å². The van der Waals surface area contributed by atoms with Crippen molar-refractivity contribution in [3.8, 4) is 0 Å². The fourth-order valence-electron chi connectivity index (χ4n) is 0.796. The quantitative estimate of drug-likeness (QED) is 0.607. The van der Waals surface area contributed by atoms with Crippen molar-refractivity contribution < 1.29 is 0 Å². The SMILES string of the molecule is C=C(N)CN(C)CCN(C)C. The molecule has 0 fully saturated rings. The highest BCUT2D eigenvalue weighted by atomic mass is 15.2. The van der Waals surface area contributed by atoms with Gasteiger partial charge < -0.3 is 10.6 Å². The first-order valence-electron chi connectivity index (χ1n) is 3.79. The molecule has 0 amide bonds. The van der Waals surface area contributed by atoms with Crippen LogP contribution in [-0.4, -0.2) is 50.6 Å².